The van der Waals surface area contributed by atoms with Crippen molar-refractivity contribution < 1.29 is 9.90 Å². The molecule has 1 atom stereocenters. The maximum Gasteiger partial charge on any atom is 0.232 e. The number of H-pyrrole nitrogens is 1. The third kappa shape index (κ3) is 2.84. The molecule has 0 saturated carbocycles. The number of aromatic nitrogens is 1. The Morgan fingerprint density at radius 3 is 2.77 bits per heavy atom. The maximum atomic E-state index is 12.2. The first-order valence-electron chi connectivity index (χ1n) is 7.80. The number of nitrogens with zero attached hydrogens (tertiary/aromatic N) is 2. The summed E-state index contributed by atoms with van der Waals surface area (Å²) in [6, 6.07) is 14.6. The highest BCUT2D eigenvalue weighted by Crippen LogP contribution is 2.31. The predicted molar refractivity (Wildman–Crippen MR) is 102 cm³/mol. The number of azo groups is 1. The van der Waals surface area contributed by atoms with Crippen LogP contribution in [0.15, 0.2) is 58.8 Å². The summed E-state index contributed by atoms with van der Waals surface area (Å²) < 4.78 is 0. The van der Waals surface area contributed by atoms with Crippen LogP contribution in [-0.2, 0) is 0 Å². The molecule has 0 amide bonds. The largest absolute Gasteiger partial charge is 0.493 e. The van der Waals surface area contributed by atoms with Crippen molar-refractivity contribution in [2.45, 2.75) is 6.17 Å². The molecule has 4 rings (SSSR count). The van der Waals surface area contributed by atoms with Gasteiger partial charge in [0.15, 0.2) is 0 Å². The molecule has 0 radical (unpaired) electrons. The third-order valence-electron chi connectivity index (χ3n) is 3.98. The second-order valence-electron chi connectivity index (χ2n) is 5.62. The molecule has 0 bridgehead atoms. The van der Waals surface area contributed by atoms with Crippen LogP contribution in [0.25, 0.3) is 10.9 Å². The Morgan fingerprint density at radius 1 is 1.15 bits per heavy atom. The minimum absolute atomic E-state index is 0.0264. The van der Waals surface area contributed by atoms with Crippen LogP contribution in [0.3, 0.4) is 0 Å². The van der Waals surface area contributed by atoms with E-state index in [1.54, 1.807) is 18.2 Å². The first-order valence-corrected chi connectivity index (χ1v) is 8.20. The zero-order valence-corrected chi connectivity index (χ0v) is 14.2. The summed E-state index contributed by atoms with van der Waals surface area (Å²) in [7, 11) is 0. The molecule has 2 heterocycles. The number of anilines is 2. The van der Waals surface area contributed by atoms with E-state index < -0.39 is 6.17 Å². The van der Waals surface area contributed by atoms with Gasteiger partial charge in [-0.25, -0.2) is 0 Å². The number of carbonyl (C=O) groups is 1. The van der Waals surface area contributed by atoms with Crippen molar-refractivity contribution in [3.8, 4) is 5.88 Å². The van der Waals surface area contributed by atoms with Crippen molar-refractivity contribution in [2.75, 3.05) is 10.7 Å². The molecule has 0 unspecified atom stereocenters. The van der Waals surface area contributed by atoms with E-state index in [4.69, 9.17) is 12.2 Å². The number of para-hydroxylation sites is 2. The molecule has 1 aromatic heterocycles. The molecule has 130 valence electrons. The highest BCUT2D eigenvalue weighted by atomic mass is 32.1. The molecule has 9 heteroatoms. The topological polar surface area (TPSA) is 114 Å². The number of nitrogens with one attached hydrogen (secondary N) is 4. The summed E-state index contributed by atoms with van der Waals surface area (Å²) >= 11 is 5.09. The molecule has 0 spiro atoms. The molecule has 0 aliphatic carbocycles. The van der Waals surface area contributed by atoms with Crippen LogP contribution in [-0.4, -0.2) is 27.2 Å². The van der Waals surface area contributed by atoms with E-state index in [0.717, 1.165) is 16.6 Å². The summed E-state index contributed by atoms with van der Waals surface area (Å²) in [6.45, 7) is 0. The average molecular weight is 366 g/mol. The fourth-order valence-electron chi connectivity index (χ4n) is 2.77. The summed E-state index contributed by atoms with van der Waals surface area (Å²) in [4.78, 5) is 15.1. The number of Topliss-reactive ketones (excluding diaryl/α,β-unsaturated/α-hetero) is 1. The fourth-order valence-corrected chi connectivity index (χ4v) is 2.87. The van der Waals surface area contributed by atoms with E-state index in [0.29, 0.717) is 11.3 Å². The highest BCUT2D eigenvalue weighted by molar-refractivity contribution is 7.80. The number of carbonyl (C=O) groups excluding carboxylic acids is 1. The van der Waals surface area contributed by atoms with E-state index in [1.807, 2.05) is 30.3 Å². The lowest BCUT2D eigenvalue weighted by atomic mass is 10.1. The molecule has 8 nitrogen and oxygen atoms in total. The van der Waals surface area contributed by atoms with Crippen LogP contribution in [0.1, 0.15) is 10.4 Å². The summed E-state index contributed by atoms with van der Waals surface area (Å²) in [5, 5.41) is 21.6. The summed E-state index contributed by atoms with van der Waals surface area (Å²) in [6.07, 6.45) is -0.798. The number of hydrogen-bond acceptors (Lipinski definition) is 6. The molecular formula is C17H14N6O2S. The Kier molecular flexibility index (Phi) is 3.98. The van der Waals surface area contributed by atoms with Crippen LogP contribution < -0.4 is 16.2 Å². The lowest BCUT2D eigenvalue weighted by molar-refractivity contribution is 0.0980. The van der Waals surface area contributed by atoms with Gasteiger partial charge in [0.1, 0.15) is 5.69 Å². The number of fused-ring (bicyclic) bond motifs is 2. The Hall–Kier alpha value is -3.46. The zero-order chi connectivity index (χ0) is 18.1. The first-order chi connectivity index (χ1) is 12.6. The van der Waals surface area contributed by atoms with Crippen LogP contribution in [0.5, 0.6) is 5.88 Å². The Bertz CT molecular complexity index is 1040. The molecular weight excluding hydrogens is 352 g/mol. The maximum absolute atomic E-state index is 12.2. The van der Waals surface area contributed by atoms with Gasteiger partial charge in [-0.15, -0.1) is 5.11 Å². The predicted octanol–water partition coefficient (Wildman–Crippen LogP) is 3.16. The Labute approximate surface area is 153 Å². The van der Waals surface area contributed by atoms with E-state index in [2.05, 4.69) is 31.4 Å². The van der Waals surface area contributed by atoms with Gasteiger partial charge in [-0.3, -0.25) is 15.6 Å². The number of hydrogen-bond donors (Lipinski definition) is 5. The molecule has 0 saturated heterocycles. The lowest BCUT2D eigenvalue weighted by Crippen LogP contribution is -2.27. The van der Waals surface area contributed by atoms with E-state index in [1.165, 1.54) is 0 Å². The van der Waals surface area contributed by atoms with Gasteiger partial charge in [0.2, 0.25) is 22.9 Å². The summed E-state index contributed by atoms with van der Waals surface area (Å²) in [5.41, 5.74) is 8.02. The van der Waals surface area contributed by atoms with Gasteiger partial charge in [0, 0.05) is 16.6 Å². The molecule has 3 aromatic rings. The number of rotatable bonds is 3. The number of thiocarbonyl (C=S) groups is 1. The smallest absolute Gasteiger partial charge is 0.232 e. The quantitative estimate of drug-likeness (QED) is 0.276. The SMILES string of the molecule is O=C1c2ccccc2N[C@H]1/N=N/C(=S)NNc1c(O)[nH]c2ccccc12. The van der Waals surface area contributed by atoms with Gasteiger partial charge in [-0.1, -0.05) is 30.3 Å². The molecule has 26 heavy (non-hydrogen) atoms. The van der Waals surface area contributed by atoms with Gasteiger partial charge < -0.3 is 15.4 Å². The number of aromatic amines is 1. The second kappa shape index (κ2) is 6.45. The van der Waals surface area contributed by atoms with Gasteiger partial charge in [-0.05, 0) is 30.4 Å². The van der Waals surface area contributed by atoms with Crippen molar-refractivity contribution in [3.63, 3.8) is 0 Å². The van der Waals surface area contributed by atoms with E-state index in [9.17, 15) is 9.90 Å². The van der Waals surface area contributed by atoms with Crippen LogP contribution in [0, 0.1) is 0 Å². The van der Waals surface area contributed by atoms with Crippen molar-refractivity contribution >= 4 is 45.4 Å². The number of ketones is 1. The van der Waals surface area contributed by atoms with Gasteiger partial charge in [0.25, 0.3) is 0 Å². The highest BCUT2D eigenvalue weighted by Gasteiger charge is 2.29. The van der Waals surface area contributed by atoms with Crippen molar-refractivity contribution in [1.29, 1.82) is 0 Å². The minimum Gasteiger partial charge on any atom is -0.493 e. The lowest BCUT2D eigenvalue weighted by Gasteiger charge is -2.07. The first kappa shape index (κ1) is 16.0. The van der Waals surface area contributed by atoms with Crippen molar-refractivity contribution in [1.82, 2.24) is 10.4 Å². The Balaban J connectivity index is 1.41. The number of benzene rings is 2. The number of hydrazine groups is 1. The van der Waals surface area contributed by atoms with Gasteiger partial charge in [0.05, 0.1) is 5.52 Å². The van der Waals surface area contributed by atoms with Gasteiger partial charge in [-0.2, -0.15) is 5.11 Å². The van der Waals surface area contributed by atoms with E-state index in [-0.39, 0.29) is 16.8 Å². The van der Waals surface area contributed by atoms with Gasteiger partial charge >= 0.3 is 0 Å². The minimum atomic E-state index is -0.798. The molecule has 2 aromatic carbocycles. The summed E-state index contributed by atoms with van der Waals surface area (Å²) in [5.74, 6) is -0.184. The van der Waals surface area contributed by atoms with E-state index >= 15 is 0 Å². The normalized spacial score (nSPS) is 15.8. The third-order valence-corrected chi connectivity index (χ3v) is 4.16. The average Bonchev–Trinajstić information content (AvgIpc) is 3.15. The molecule has 5 N–H and O–H groups in total. The Morgan fingerprint density at radius 2 is 1.92 bits per heavy atom. The molecule has 0 fully saturated rings. The zero-order valence-electron chi connectivity index (χ0n) is 13.4. The monoisotopic (exact) mass is 366 g/mol. The van der Waals surface area contributed by atoms with Crippen LogP contribution in [0.4, 0.5) is 11.4 Å². The number of aromatic hydroxyl groups is 1. The molecule has 1 aliphatic rings. The van der Waals surface area contributed by atoms with Crippen LogP contribution in [0.2, 0.25) is 0 Å². The second-order valence-corrected chi connectivity index (χ2v) is 6.01. The fraction of sp³-hybridized carbons (Fsp3) is 0.0588. The van der Waals surface area contributed by atoms with Crippen LogP contribution >= 0.6 is 12.2 Å². The molecule has 1 aliphatic heterocycles. The van der Waals surface area contributed by atoms with Crippen molar-refractivity contribution in [2.24, 2.45) is 10.2 Å². The standard InChI is InChI=1S/C17H14N6O2S/c24-14-10-6-2-4-8-12(10)18-15(14)21-23-17(26)22-20-13-9-5-1-3-7-11(9)19-16(13)25/h1-8,15,18-20,25H,(H,22,26)/b23-21+/t15-/m0/s1. The van der Waals surface area contributed by atoms with Crippen molar-refractivity contribution in [3.05, 3.63) is 54.1 Å².